The fraction of sp³-hybridized carbons (Fsp3) is 0.0196. The summed E-state index contributed by atoms with van der Waals surface area (Å²) in [6, 6.07) is 48.5. The smallest absolute Gasteiger partial charge is 0.0737 e. The number of fused-ring (bicyclic) bond motifs is 8. The molecule has 4 heteroatoms. The molecule has 0 fully saturated rings. The molecule has 5 heterocycles. The van der Waals surface area contributed by atoms with Gasteiger partial charge in [-0.25, -0.2) is 9.97 Å². The summed E-state index contributed by atoms with van der Waals surface area (Å²) in [6.45, 7) is 0. The average Bonchev–Trinajstić information content (AvgIpc) is 4.10. The molecule has 0 unspecified atom stereocenters. The molecule has 7 aromatic rings. The van der Waals surface area contributed by atoms with Crippen molar-refractivity contribution < 1.29 is 0 Å². The first-order valence-corrected chi connectivity index (χ1v) is 18.6. The molecule has 3 aromatic heterocycles. The van der Waals surface area contributed by atoms with Gasteiger partial charge in [-0.05, 0) is 71.2 Å². The zero-order valence-electron chi connectivity index (χ0n) is 29.9. The largest absolute Gasteiger partial charge is 0.354 e. The van der Waals surface area contributed by atoms with E-state index in [1.807, 2.05) is 0 Å². The van der Waals surface area contributed by atoms with E-state index in [-0.39, 0.29) is 0 Å². The average molecular weight is 703 g/mol. The zero-order valence-corrected chi connectivity index (χ0v) is 29.9. The molecule has 4 aromatic carbocycles. The Kier molecular flexibility index (Phi) is 8.09. The summed E-state index contributed by atoms with van der Waals surface area (Å²) < 4.78 is 0. The maximum absolute atomic E-state index is 5.46. The van der Waals surface area contributed by atoms with Gasteiger partial charge in [0.1, 0.15) is 0 Å². The van der Waals surface area contributed by atoms with Crippen molar-refractivity contribution in [1.82, 2.24) is 19.9 Å². The van der Waals surface area contributed by atoms with Gasteiger partial charge in [0.15, 0.2) is 0 Å². The van der Waals surface area contributed by atoms with Crippen LogP contribution in [0.1, 0.15) is 34.8 Å². The Morgan fingerprint density at radius 1 is 0.436 bits per heavy atom. The predicted molar refractivity (Wildman–Crippen MR) is 229 cm³/mol. The molecule has 1 aliphatic carbocycles. The van der Waals surface area contributed by atoms with Crippen LogP contribution < -0.4 is 0 Å². The van der Waals surface area contributed by atoms with Crippen LogP contribution in [-0.2, 0) is 0 Å². The van der Waals surface area contributed by atoms with Crippen molar-refractivity contribution in [3.05, 3.63) is 192 Å². The molecule has 2 N–H and O–H groups in total. The molecule has 0 spiro atoms. The third-order valence-electron chi connectivity index (χ3n) is 10.2. The minimum Gasteiger partial charge on any atom is -0.354 e. The number of nitrogens with zero attached hydrogens (tertiary/aromatic N) is 2. The molecule has 55 heavy (non-hydrogen) atoms. The van der Waals surface area contributed by atoms with Gasteiger partial charge in [0.05, 0.1) is 33.9 Å². The lowest BCUT2D eigenvalue weighted by Crippen LogP contribution is -1.90. The third-order valence-corrected chi connectivity index (χ3v) is 10.2. The molecule has 0 amide bonds. The summed E-state index contributed by atoms with van der Waals surface area (Å²) in [5, 5.41) is 0. The maximum atomic E-state index is 5.46. The van der Waals surface area contributed by atoms with Gasteiger partial charge in [-0.2, -0.15) is 0 Å². The van der Waals surface area contributed by atoms with Crippen LogP contribution >= 0.6 is 0 Å². The number of rotatable bonds is 4. The highest BCUT2D eigenvalue weighted by Crippen LogP contribution is 2.39. The van der Waals surface area contributed by atoms with E-state index in [2.05, 4.69) is 204 Å². The van der Waals surface area contributed by atoms with E-state index >= 15 is 0 Å². The molecular weight excluding hydrogens is 669 g/mol. The number of hydrogen-bond donors (Lipinski definition) is 2. The van der Waals surface area contributed by atoms with E-state index < -0.39 is 0 Å². The van der Waals surface area contributed by atoms with Crippen LogP contribution in [-0.4, -0.2) is 19.9 Å². The number of hydrogen-bond acceptors (Lipinski definition) is 2. The van der Waals surface area contributed by atoms with Crippen LogP contribution in [0.3, 0.4) is 0 Å². The monoisotopic (exact) mass is 702 g/mol. The number of aromatic nitrogens is 4. The van der Waals surface area contributed by atoms with Crippen LogP contribution in [0.4, 0.5) is 0 Å². The molecule has 0 saturated heterocycles. The Labute approximate surface area is 319 Å². The number of nitrogens with one attached hydrogen (secondary N) is 2. The predicted octanol–water partition coefficient (Wildman–Crippen LogP) is 12.6. The molecule has 0 saturated carbocycles. The normalized spacial score (nSPS) is 12.8. The fourth-order valence-corrected chi connectivity index (χ4v) is 7.70. The zero-order chi connectivity index (χ0) is 36.6. The van der Waals surface area contributed by atoms with E-state index in [1.54, 1.807) is 0 Å². The van der Waals surface area contributed by atoms with Gasteiger partial charge in [-0.15, -0.1) is 0 Å². The summed E-state index contributed by atoms with van der Waals surface area (Å²) in [7, 11) is 0. The molecule has 0 atom stereocenters. The van der Waals surface area contributed by atoms with E-state index in [1.165, 1.54) is 0 Å². The number of benzene rings is 4. The highest BCUT2D eigenvalue weighted by Gasteiger charge is 2.20. The molecule has 2 aliphatic heterocycles. The second-order valence-corrected chi connectivity index (χ2v) is 13.7. The molecule has 10 rings (SSSR count). The van der Waals surface area contributed by atoms with Crippen molar-refractivity contribution in [2.24, 2.45) is 0 Å². The number of allylic oxidation sites excluding steroid dienone is 4. The Balaban J connectivity index is 1.42. The quantitative estimate of drug-likeness (QED) is 0.179. The maximum Gasteiger partial charge on any atom is 0.0737 e. The molecule has 4 nitrogen and oxygen atoms in total. The topological polar surface area (TPSA) is 57.4 Å². The van der Waals surface area contributed by atoms with Gasteiger partial charge in [0, 0.05) is 44.4 Å². The fourth-order valence-electron chi connectivity index (χ4n) is 7.70. The Morgan fingerprint density at radius 2 is 0.873 bits per heavy atom. The summed E-state index contributed by atoms with van der Waals surface area (Å²) in [4.78, 5) is 18.6. The van der Waals surface area contributed by atoms with Crippen LogP contribution in [0.5, 0.6) is 0 Å². The van der Waals surface area contributed by atoms with Crippen molar-refractivity contribution in [3.63, 3.8) is 0 Å². The lowest BCUT2D eigenvalue weighted by molar-refractivity contribution is 1.31. The number of aromatic amines is 2. The Hall–Kier alpha value is -7.48. The molecule has 258 valence electrons. The first kappa shape index (κ1) is 32.2. The van der Waals surface area contributed by atoms with Gasteiger partial charge in [0.25, 0.3) is 0 Å². The van der Waals surface area contributed by atoms with Gasteiger partial charge < -0.3 is 9.97 Å². The minimum absolute atomic E-state index is 0.836. The summed E-state index contributed by atoms with van der Waals surface area (Å²) in [5.41, 5.74) is 17.6. The molecule has 3 aliphatic rings. The second kappa shape index (κ2) is 13.8. The van der Waals surface area contributed by atoms with Crippen molar-refractivity contribution in [1.29, 1.82) is 0 Å². The lowest BCUT2D eigenvalue weighted by atomic mass is 10.0. The highest BCUT2D eigenvalue weighted by molar-refractivity contribution is 6.01. The lowest BCUT2D eigenvalue weighted by Gasteiger charge is -2.07. The van der Waals surface area contributed by atoms with Crippen molar-refractivity contribution >= 4 is 46.4 Å². The second-order valence-electron chi connectivity index (χ2n) is 13.7. The molecular formula is C51H34N4. The van der Waals surface area contributed by atoms with Crippen molar-refractivity contribution in [2.45, 2.75) is 6.42 Å². The van der Waals surface area contributed by atoms with Crippen LogP contribution in [0.25, 0.3) is 90.9 Å². The summed E-state index contributed by atoms with van der Waals surface area (Å²) in [5.74, 6) is 7.08. The molecule has 0 radical (unpaired) electrons. The Morgan fingerprint density at radius 3 is 1.33 bits per heavy atom. The van der Waals surface area contributed by atoms with E-state index in [4.69, 9.17) is 9.97 Å². The van der Waals surface area contributed by atoms with Gasteiger partial charge >= 0.3 is 0 Å². The van der Waals surface area contributed by atoms with Crippen molar-refractivity contribution in [2.75, 3.05) is 0 Å². The van der Waals surface area contributed by atoms with E-state index in [0.717, 1.165) is 107 Å². The third kappa shape index (κ3) is 6.04. The van der Waals surface area contributed by atoms with Gasteiger partial charge in [-0.1, -0.05) is 151 Å². The van der Waals surface area contributed by atoms with E-state index in [0.29, 0.717) is 0 Å². The SMILES string of the molecule is C(#Cc1cc2[nH]c1c(-c1ccccc1)c1nc(c(-c3ccccc3)c3ccc([nH]3)c(-c3ccccc3)c3nc(c2-c2ccccc2)C=C3)C=C1)C1=CC=CC1. The van der Waals surface area contributed by atoms with Crippen LogP contribution in [0, 0.1) is 11.8 Å². The van der Waals surface area contributed by atoms with E-state index in [9.17, 15) is 0 Å². The van der Waals surface area contributed by atoms with Crippen molar-refractivity contribution in [3.8, 4) is 56.3 Å². The van der Waals surface area contributed by atoms with Crippen LogP contribution in [0.15, 0.2) is 163 Å². The van der Waals surface area contributed by atoms with Crippen LogP contribution in [0.2, 0.25) is 0 Å². The van der Waals surface area contributed by atoms with Gasteiger partial charge in [-0.3, -0.25) is 0 Å². The Bertz CT molecular complexity index is 2970. The number of H-pyrrole nitrogens is 2. The first-order chi connectivity index (χ1) is 27.3. The molecule has 8 bridgehead atoms. The first-order valence-electron chi connectivity index (χ1n) is 18.6. The summed E-state index contributed by atoms with van der Waals surface area (Å²) in [6.07, 6.45) is 15.7. The summed E-state index contributed by atoms with van der Waals surface area (Å²) >= 11 is 0. The highest BCUT2D eigenvalue weighted by atomic mass is 14.8. The standard InChI is InChI=1S/C51H34N4/c1-5-17-35(18-6-1)47-40-27-28-41(52-40)48(36-19-7-2-8-20-36)43-31-32-45(54-43)50(38-23-11-4-12-24-38)51-39(26-25-34-15-13-14-16-34)33-46(55-51)49(37-21-9-3-10-22-37)44-30-29-42(47)53-44/h1-15,17-24,27-33,52,55H,16H2. The van der Waals surface area contributed by atoms with Gasteiger partial charge in [0.2, 0.25) is 0 Å². The minimum atomic E-state index is 0.836.